The normalized spacial score (nSPS) is 11.6. The predicted molar refractivity (Wildman–Crippen MR) is 121 cm³/mol. The van der Waals surface area contributed by atoms with E-state index in [1.165, 1.54) is 21.5 Å². The standard InChI is InChI=1S/C24H15O2PS/c1-3-8-18-16(6-1)11-13-20-23(18)24-19-9-4-2-7-17(19)12-14-21(24)26-27(25-20)22-10-5-15-28-22/h1-15H. The van der Waals surface area contributed by atoms with E-state index in [9.17, 15) is 0 Å². The Morgan fingerprint density at radius 3 is 1.68 bits per heavy atom. The monoisotopic (exact) mass is 398 g/mol. The van der Waals surface area contributed by atoms with E-state index in [2.05, 4.69) is 84.2 Å². The van der Waals surface area contributed by atoms with Crippen LogP contribution in [-0.2, 0) is 0 Å². The highest BCUT2D eigenvalue weighted by Gasteiger charge is 2.13. The van der Waals surface area contributed by atoms with Crippen LogP contribution in [0.3, 0.4) is 0 Å². The zero-order valence-corrected chi connectivity index (χ0v) is 16.5. The molecule has 0 saturated carbocycles. The molecular formula is C24H15O2PS. The van der Waals surface area contributed by atoms with E-state index < -0.39 is 8.01 Å². The Labute approximate surface area is 166 Å². The number of rotatable bonds is 1. The maximum atomic E-state index is 6.49. The van der Waals surface area contributed by atoms with E-state index in [0.29, 0.717) is 0 Å². The third kappa shape index (κ3) is 2.41. The van der Waals surface area contributed by atoms with Gasteiger partial charge in [0.05, 0.1) is 0 Å². The first kappa shape index (κ1) is 16.0. The lowest BCUT2D eigenvalue weighted by Crippen LogP contribution is -1.79. The van der Waals surface area contributed by atoms with Crippen molar-refractivity contribution in [1.29, 1.82) is 0 Å². The summed E-state index contributed by atoms with van der Waals surface area (Å²) in [4.78, 5) is 0. The van der Waals surface area contributed by atoms with E-state index in [0.717, 1.165) is 26.6 Å². The van der Waals surface area contributed by atoms with Crippen LogP contribution >= 0.6 is 19.4 Å². The fourth-order valence-corrected chi connectivity index (χ4v) is 6.12. The van der Waals surface area contributed by atoms with Crippen molar-refractivity contribution in [3.63, 3.8) is 0 Å². The molecule has 0 atom stereocenters. The average Bonchev–Trinajstić information content (AvgIpc) is 3.22. The lowest BCUT2D eigenvalue weighted by atomic mass is 9.99. The molecule has 0 unspecified atom stereocenters. The molecule has 0 aliphatic carbocycles. The third-order valence-corrected chi connectivity index (χ3v) is 7.75. The first-order valence-corrected chi connectivity index (χ1v) is 11.2. The van der Waals surface area contributed by atoms with Gasteiger partial charge in [-0.15, -0.1) is 11.3 Å². The summed E-state index contributed by atoms with van der Waals surface area (Å²) in [7, 11) is -1.22. The van der Waals surface area contributed by atoms with Gasteiger partial charge in [-0.05, 0) is 45.1 Å². The van der Waals surface area contributed by atoms with Gasteiger partial charge in [-0.25, -0.2) is 0 Å². The van der Waals surface area contributed by atoms with Gasteiger partial charge >= 0.3 is 0 Å². The third-order valence-electron chi connectivity index (χ3n) is 5.08. The highest BCUT2D eigenvalue weighted by molar-refractivity contribution is 7.54. The summed E-state index contributed by atoms with van der Waals surface area (Å²) < 4.78 is 14.1. The zero-order chi connectivity index (χ0) is 18.5. The summed E-state index contributed by atoms with van der Waals surface area (Å²) in [6.07, 6.45) is 0. The summed E-state index contributed by atoms with van der Waals surface area (Å²) in [6.45, 7) is 0. The van der Waals surface area contributed by atoms with Gasteiger partial charge in [0.1, 0.15) is 15.8 Å². The van der Waals surface area contributed by atoms with Gasteiger partial charge in [0.2, 0.25) is 0 Å². The van der Waals surface area contributed by atoms with Gasteiger partial charge in [0.15, 0.2) is 0 Å². The average molecular weight is 398 g/mol. The van der Waals surface area contributed by atoms with Gasteiger partial charge in [-0.3, -0.25) is 0 Å². The van der Waals surface area contributed by atoms with Crippen LogP contribution in [0, 0.1) is 0 Å². The van der Waals surface area contributed by atoms with E-state index >= 15 is 0 Å². The van der Waals surface area contributed by atoms with Gasteiger partial charge in [-0.1, -0.05) is 66.7 Å². The molecule has 0 N–H and O–H groups in total. The molecule has 6 aromatic rings. The second kappa shape index (κ2) is 6.27. The Balaban J connectivity index is 1.96. The molecule has 2 nitrogen and oxygen atoms in total. The summed E-state index contributed by atoms with van der Waals surface area (Å²) in [5, 5.41) is 9.07. The van der Waals surface area contributed by atoms with Crippen LogP contribution in [0.1, 0.15) is 0 Å². The molecule has 0 radical (unpaired) electrons. The number of hydrogen-bond donors (Lipinski definition) is 0. The Morgan fingerprint density at radius 1 is 0.571 bits per heavy atom. The van der Waals surface area contributed by atoms with E-state index in [1.54, 1.807) is 11.3 Å². The molecule has 4 heteroatoms. The number of benzene rings is 4. The fraction of sp³-hybridized carbons (Fsp3) is 0. The second-order valence-electron chi connectivity index (χ2n) is 6.71. The first-order valence-electron chi connectivity index (χ1n) is 9.12. The van der Waals surface area contributed by atoms with Crippen molar-refractivity contribution in [2.75, 3.05) is 0 Å². The molecule has 0 bridgehead atoms. The highest BCUT2D eigenvalue weighted by atomic mass is 32.1. The molecule has 0 fully saturated rings. The number of hydrogen-bond acceptors (Lipinski definition) is 3. The van der Waals surface area contributed by atoms with Crippen LogP contribution in [0.4, 0.5) is 0 Å². The lowest BCUT2D eigenvalue weighted by molar-refractivity contribution is 0.652. The SMILES string of the molecule is c1csc(-p2oc3ccc4ccccc4c3c3c(ccc4ccccc43)o2)c1. The Morgan fingerprint density at radius 2 is 1.14 bits per heavy atom. The van der Waals surface area contributed by atoms with E-state index in [1.807, 2.05) is 6.07 Å². The molecule has 2 heterocycles. The largest absolute Gasteiger partial charge is 0.415 e. The molecule has 0 aliphatic heterocycles. The maximum Gasteiger partial charge on any atom is 0.263 e. The predicted octanol–water partition coefficient (Wildman–Crippen LogP) is 8.65. The molecule has 2 aromatic heterocycles. The van der Waals surface area contributed by atoms with Crippen LogP contribution in [0.25, 0.3) is 48.1 Å². The number of thiophene rings is 1. The van der Waals surface area contributed by atoms with Crippen LogP contribution in [-0.4, -0.2) is 0 Å². The quantitative estimate of drug-likeness (QED) is 0.277. The molecular weight excluding hydrogens is 383 g/mol. The summed E-state index contributed by atoms with van der Waals surface area (Å²) in [5.41, 5.74) is 1.77. The summed E-state index contributed by atoms with van der Waals surface area (Å²) >= 11 is 1.67. The molecule has 28 heavy (non-hydrogen) atoms. The van der Waals surface area contributed by atoms with E-state index in [-0.39, 0.29) is 0 Å². The summed E-state index contributed by atoms with van der Waals surface area (Å²) in [6, 6.07) is 29.5. The first-order chi connectivity index (χ1) is 13.9. The van der Waals surface area contributed by atoms with Crippen LogP contribution in [0.5, 0.6) is 0 Å². The van der Waals surface area contributed by atoms with Gasteiger partial charge in [0.25, 0.3) is 8.01 Å². The van der Waals surface area contributed by atoms with Crippen molar-refractivity contribution in [3.05, 3.63) is 90.3 Å². The van der Waals surface area contributed by atoms with Crippen LogP contribution in [0.15, 0.2) is 98.7 Å². The molecule has 6 rings (SSSR count). The maximum absolute atomic E-state index is 6.49. The smallest absolute Gasteiger partial charge is 0.263 e. The van der Waals surface area contributed by atoms with Crippen molar-refractivity contribution in [2.24, 2.45) is 0 Å². The van der Waals surface area contributed by atoms with Crippen molar-refractivity contribution < 1.29 is 8.39 Å². The van der Waals surface area contributed by atoms with E-state index in [4.69, 9.17) is 8.39 Å². The Kier molecular flexibility index (Phi) is 3.58. The Hall–Kier alpha value is -3.00. The minimum absolute atomic E-state index is 0.883. The van der Waals surface area contributed by atoms with Crippen molar-refractivity contribution in [3.8, 4) is 4.62 Å². The lowest BCUT2D eigenvalue weighted by Gasteiger charge is -2.05. The minimum atomic E-state index is -1.22. The van der Waals surface area contributed by atoms with Gasteiger partial charge in [0, 0.05) is 10.8 Å². The molecule has 4 aromatic carbocycles. The Bertz CT molecular complexity index is 1420. The topological polar surface area (TPSA) is 26.3 Å². The van der Waals surface area contributed by atoms with Gasteiger partial charge in [-0.2, -0.15) is 0 Å². The fourth-order valence-electron chi connectivity index (χ4n) is 3.83. The molecule has 0 aliphatic rings. The molecule has 0 amide bonds. The van der Waals surface area contributed by atoms with Gasteiger partial charge < -0.3 is 8.39 Å². The zero-order valence-electron chi connectivity index (χ0n) is 14.8. The molecule has 134 valence electrons. The highest BCUT2D eigenvalue weighted by Crippen LogP contribution is 2.47. The summed E-state index contributed by atoms with van der Waals surface area (Å²) in [5.74, 6) is 0. The van der Waals surface area contributed by atoms with Crippen LogP contribution in [0.2, 0.25) is 0 Å². The van der Waals surface area contributed by atoms with Crippen LogP contribution < -0.4 is 0 Å². The van der Waals surface area contributed by atoms with Crippen molar-refractivity contribution in [2.45, 2.75) is 0 Å². The van der Waals surface area contributed by atoms with Crippen molar-refractivity contribution in [1.82, 2.24) is 0 Å². The number of fused-ring (bicyclic) bond motifs is 7. The molecule has 0 spiro atoms. The van der Waals surface area contributed by atoms with Crippen molar-refractivity contribution >= 4 is 62.8 Å². The minimum Gasteiger partial charge on any atom is -0.415 e. The second-order valence-corrected chi connectivity index (χ2v) is 9.32. The molecule has 0 saturated heterocycles.